The lowest BCUT2D eigenvalue weighted by Crippen LogP contribution is -2.23. The van der Waals surface area contributed by atoms with E-state index in [-0.39, 0.29) is 5.91 Å². The van der Waals surface area contributed by atoms with Crippen molar-refractivity contribution in [2.75, 3.05) is 6.54 Å². The summed E-state index contributed by atoms with van der Waals surface area (Å²) in [4.78, 5) is 16.4. The van der Waals surface area contributed by atoms with Crippen molar-refractivity contribution in [2.24, 2.45) is 0 Å². The number of amides is 1. The fourth-order valence-electron chi connectivity index (χ4n) is 3.33. The first-order valence-corrected chi connectivity index (χ1v) is 10.3. The maximum atomic E-state index is 12.3. The highest BCUT2D eigenvalue weighted by Crippen LogP contribution is 2.23. The first-order valence-electron chi connectivity index (χ1n) is 10.3. The van der Waals surface area contributed by atoms with Gasteiger partial charge in [0.1, 0.15) is 0 Å². The van der Waals surface area contributed by atoms with Gasteiger partial charge < -0.3 is 5.32 Å². The molecule has 1 N–H and O–H groups in total. The molecular formula is C26H24N4O. The second-order valence-electron chi connectivity index (χ2n) is 7.22. The van der Waals surface area contributed by atoms with E-state index in [1.54, 1.807) is 12.3 Å². The molecule has 5 heteroatoms. The molecule has 0 aliphatic rings. The highest BCUT2D eigenvalue weighted by atomic mass is 16.1. The Balaban J connectivity index is 1.47. The van der Waals surface area contributed by atoms with Gasteiger partial charge in [-0.1, -0.05) is 66.7 Å². The van der Waals surface area contributed by atoms with Crippen LogP contribution >= 0.6 is 0 Å². The Labute approximate surface area is 182 Å². The average molecular weight is 409 g/mol. The van der Waals surface area contributed by atoms with Gasteiger partial charge in [-0.2, -0.15) is 5.10 Å². The first-order chi connectivity index (χ1) is 15.3. The Hall–Kier alpha value is -3.99. The molecule has 154 valence electrons. The van der Waals surface area contributed by atoms with E-state index in [1.807, 2.05) is 83.8 Å². The summed E-state index contributed by atoms with van der Waals surface area (Å²) in [5.41, 5.74) is 5.06. The average Bonchev–Trinajstić information content (AvgIpc) is 3.22. The van der Waals surface area contributed by atoms with E-state index in [1.165, 1.54) is 5.56 Å². The number of hydrogen-bond acceptors (Lipinski definition) is 3. The Morgan fingerprint density at radius 3 is 2.42 bits per heavy atom. The standard InChI is InChI=1S/C26H24N4O/c31-25(28-17-15-21-10-7-16-27-18-21)14-13-24-20-30(19-22-8-3-1-4-9-22)29-26(24)23-11-5-2-6-12-23/h1-14,16,18,20H,15,17,19H2,(H,28,31)/b14-13+. The van der Waals surface area contributed by atoms with E-state index in [2.05, 4.69) is 22.4 Å². The summed E-state index contributed by atoms with van der Waals surface area (Å²) in [6.45, 7) is 1.24. The van der Waals surface area contributed by atoms with Crippen LogP contribution in [-0.2, 0) is 17.8 Å². The van der Waals surface area contributed by atoms with Crippen LogP contribution in [0.1, 0.15) is 16.7 Å². The molecule has 1 amide bonds. The smallest absolute Gasteiger partial charge is 0.244 e. The fourth-order valence-corrected chi connectivity index (χ4v) is 3.33. The lowest BCUT2D eigenvalue weighted by atomic mass is 10.1. The van der Waals surface area contributed by atoms with Crippen molar-refractivity contribution >= 4 is 12.0 Å². The van der Waals surface area contributed by atoms with Gasteiger partial charge in [-0.15, -0.1) is 0 Å². The number of carbonyl (C=O) groups excluding carboxylic acids is 1. The summed E-state index contributed by atoms with van der Waals surface area (Å²) in [6.07, 6.45) is 9.69. The Morgan fingerprint density at radius 1 is 0.935 bits per heavy atom. The van der Waals surface area contributed by atoms with Gasteiger partial charge in [0.25, 0.3) is 0 Å². The van der Waals surface area contributed by atoms with Gasteiger partial charge in [-0.25, -0.2) is 0 Å². The third kappa shape index (κ3) is 5.76. The van der Waals surface area contributed by atoms with Crippen LogP contribution in [0.25, 0.3) is 17.3 Å². The van der Waals surface area contributed by atoms with E-state index < -0.39 is 0 Å². The lowest BCUT2D eigenvalue weighted by Gasteiger charge is -2.02. The first kappa shape index (κ1) is 20.3. The Morgan fingerprint density at radius 2 is 1.68 bits per heavy atom. The topological polar surface area (TPSA) is 59.8 Å². The highest BCUT2D eigenvalue weighted by Gasteiger charge is 2.10. The summed E-state index contributed by atoms with van der Waals surface area (Å²) < 4.78 is 1.91. The van der Waals surface area contributed by atoms with Gasteiger partial charge in [0.05, 0.1) is 12.2 Å². The van der Waals surface area contributed by atoms with Crippen LogP contribution in [-0.4, -0.2) is 27.2 Å². The van der Waals surface area contributed by atoms with Crippen LogP contribution in [0.4, 0.5) is 0 Å². The van der Waals surface area contributed by atoms with Crippen LogP contribution < -0.4 is 5.32 Å². The van der Waals surface area contributed by atoms with Crippen LogP contribution in [0.2, 0.25) is 0 Å². The maximum absolute atomic E-state index is 12.3. The number of benzene rings is 2. The number of nitrogens with one attached hydrogen (secondary N) is 1. The maximum Gasteiger partial charge on any atom is 0.244 e. The molecule has 31 heavy (non-hydrogen) atoms. The zero-order chi connectivity index (χ0) is 21.3. The summed E-state index contributed by atoms with van der Waals surface area (Å²) in [5, 5.41) is 7.71. The molecule has 5 nitrogen and oxygen atoms in total. The molecule has 0 spiro atoms. The third-order valence-electron chi connectivity index (χ3n) is 4.87. The van der Waals surface area contributed by atoms with Crippen LogP contribution in [0.15, 0.2) is 97.5 Å². The van der Waals surface area contributed by atoms with Crippen LogP contribution in [0.5, 0.6) is 0 Å². The molecule has 2 heterocycles. The predicted molar refractivity (Wildman–Crippen MR) is 123 cm³/mol. The van der Waals surface area contributed by atoms with E-state index in [0.29, 0.717) is 13.1 Å². The highest BCUT2D eigenvalue weighted by molar-refractivity contribution is 5.92. The van der Waals surface area contributed by atoms with Gasteiger partial charge in [-0.3, -0.25) is 14.5 Å². The van der Waals surface area contributed by atoms with Crippen molar-refractivity contribution in [3.05, 3.63) is 114 Å². The number of rotatable bonds is 8. The normalized spacial score (nSPS) is 11.0. The summed E-state index contributed by atoms with van der Waals surface area (Å²) in [5.74, 6) is -0.126. The van der Waals surface area contributed by atoms with Crippen molar-refractivity contribution in [1.82, 2.24) is 20.1 Å². The van der Waals surface area contributed by atoms with Crippen molar-refractivity contribution in [1.29, 1.82) is 0 Å². The third-order valence-corrected chi connectivity index (χ3v) is 4.87. The number of aromatic nitrogens is 3. The van der Waals surface area contributed by atoms with Crippen molar-refractivity contribution in [3.63, 3.8) is 0 Å². The molecule has 4 aromatic rings. The lowest BCUT2D eigenvalue weighted by molar-refractivity contribution is -0.116. The minimum atomic E-state index is -0.126. The molecule has 0 aliphatic carbocycles. The van der Waals surface area contributed by atoms with E-state index in [0.717, 1.165) is 28.8 Å². The molecule has 2 aromatic carbocycles. The molecule has 0 unspecified atom stereocenters. The number of hydrogen-bond donors (Lipinski definition) is 1. The van der Waals surface area contributed by atoms with Crippen LogP contribution in [0.3, 0.4) is 0 Å². The predicted octanol–water partition coefficient (Wildman–Crippen LogP) is 4.37. The molecule has 0 saturated carbocycles. The fraction of sp³-hybridized carbons (Fsp3) is 0.115. The Bertz CT molecular complexity index is 1140. The molecule has 0 radical (unpaired) electrons. The van der Waals surface area contributed by atoms with Gasteiger partial charge in [0.2, 0.25) is 5.91 Å². The SMILES string of the molecule is O=C(/C=C/c1cn(Cc2ccccc2)nc1-c1ccccc1)NCCc1cccnc1. The van der Waals surface area contributed by atoms with Gasteiger partial charge in [-0.05, 0) is 29.7 Å². The van der Waals surface area contributed by atoms with Crippen molar-refractivity contribution < 1.29 is 4.79 Å². The van der Waals surface area contributed by atoms with E-state index >= 15 is 0 Å². The molecule has 2 aromatic heterocycles. The molecule has 0 fully saturated rings. The van der Waals surface area contributed by atoms with E-state index in [9.17, 15) is 4.79 Å². The largest absolute Gasteiger partial charge is 0.352 e. The zero-order valence-electron chi connectivity index (χ0n) is 17.2. The van der Waals surface area contributed by atoms with Crippen LogP contribution in [0, 0.1) is 0 Å². The van der Waals surface area contributed by atoms with Crippen molar-refractivity contribution in [2.45, 2.75) is 13.0 Å². The quantitative estimate of drug-likeness (QED) is 0.441. The number of pyridine rings is 1. The minimum Gasteiger partial charge on any atom is -0.352 e. The second kappa shape index (κ2) is 10.2. The summed E-state index contributed by atoms with van der Waals surface area (Å²) in [6, 6.07) is 24.1. The molecule has 0 saturated heterocycles. The second-order valence-corrected chi connectivity index (χ2v) is 7.22. The molecule has 4 rings (SSSR count). The minimum absolute atomic E-state index is 0.126. The van der Waals surface area contributed by atoms with Crippen molar-refractivity contribution in [3.8, 4) is 11.3 Å². The number of carbonyl (C=O) groups is 1. The van der Waals surface area contributed by atoms with Gasteiger partial charge in [0, 0.05) is 42.3 Å². The van der Waals surface area contributed by atoms with Gasteiger partial charge in [0.15, 0.2) is 0 Å². The van der Waals surface area contributed by atoms with Gasteiger partial charge >= 0.3 is 0 Å². The summed E-state index contributed by atoms with van der Waals surface area (Å²) in [7, 11) is 0. The monoisotopic (exact) mass is 408 g/mol. The van der Waals surface area contributed by atoms with E-state index in [4.69, 9.17) is 5.10 Å². The molecule has 0 atom stereocenters. The number of nitrogens with zero attached hydrogens (tertiary/aromatic N) is 3. The molecular weight excluding hydrogens is 384 g/mol. The summed E-state index contributed by atoms with van der Waals surface area (Å²) >= 11 is 0. The molecule has 0 bridgehead atoms. The zero-order valence-corrected chi connectivity index (χ0v) is 17.2. The Kier molecular flexibility index (Phi) is 6.65. The molecule has 0 aliphatic heterocycles.